The molecule has 2 aromatic carbocycles. The van der Waals surface area contributed by atoms with E-state index in [0.717, 1.165) is 31.4 Å². The first-order valence-corrected chi connectivity index (χ1v) is 11.6. The summed E-state index contributed by atoms with van der Waals surface area (Å²) in [5, 5.41) is 14.4. The van der Waals surface area contributed by atoms with E-state index in [1.54, 1.807) is 0 Å². The highest BCUT2D eigenvalue weighted by Gasteiger charge is 2.31. The molecule has 1 aliphatic heterocycles. The number of aryl methyl sites for hydroxylation is 1. The molecule has 6 heteroatoms. The van der Waals surface area contributed by atoms with Crippen molar-refractivity contribution >= 4 is 16.7 Å². The summed E-state index contributed by atoms with van der Waals surface area (Å²) >= 11 is 0. The van der Waals surface area contributed by atoms with E-state index in [1.165, 1.54) is 54.9 Å². The van der Waals surface area contributed by atoms with Crippen molar-refractivity contribution in [1.82, 2.24) is 15.0 Å². The van der Waals surface area contributed by atoms with E-state index >= 15 is 0 Å². The number of nitrogens with one attached hydrogen (secondary N) is 1. The van der Waals surface area contributed by atoms with E-state index in [1.807, 2.05) is 4.90 Å². The molecule has 1 aliphatic rings. The maximum absolute atomic E-state index is 7.74. The van der Waals surface area contributed by atoms with Crippen LogP contribution in [0.2, 0.25) is 0 Å². The molecule has 0 radical (unpaired) electrons. The van der Waals surface area contributed by atoms with E-state index in [0.29, 0.717) is 11.7 Å². The molecule has 1 atom stereocenters. The Hall–Kier alpha value is -2.89. The Bertz CT molecular complexity index is 1030. The van der Waals surface area contributed by atoms with Gasteiger partial charge >= 0.3 is 0 Å². The van der Waals surface area contributed by atoms with Gasteiger partial charge in [-0.05, 0) is 48.1 Å². The summed E-state index contributed by atoms with van der Waals surface area (Å²) in [6.45, 7) is 3.02. The molecule has 31 heavy (non-hydrogen) atoms. The third-order valence-electron chi connectivity index (χ3n) is 6.27. The number of benzene rings is 2. The van der Waals surface area contributed by atoms with Crippen LogP contribution in [0.25, 0.3) is 22.2 Å². The van der Waals surface area contributed by atoms with E-state index in [9.17, 15) is 0 Å². The molecule has 0 saturated carbocycles. The number of rotatable bonds is 9. The monoisotopic (exact) mass is 419 g/mol. The van der Waals surface area contributed by atoms with Crippen molar-refractivity contribution < 1.29 is 4.52 Å². The summed E-state index contributed by atoms with van der Waals surface area (Å²) in [4.78, 5) is 6.44. The minimum atomic E-state index is -0.0938. The smallest absolute Gasteiger partial charge is 0.249 e. The van der Waals surface area contributed by atoms with Crippen molar-refractivity contribution in [3.8, 4) is 11.4 Å². The molecule has 6 nitrogen and oxygen atoms in total. The van der Waals surface area contributed by atoms with Crippen LogP contribution in [-0.4, -0.2) is 27.5 Å². The van der Waals surface area contributed by atoms with E-state index in [-0.39, 0.29) is 12.0 Å². The molecule has 4 rings (SSSR count). The summed E-state index contributed by atoms with van der Waals surface area (Å²) in [7, 11) is 0. The predicted octanol–water partition coefficient (Wildman–Crippen LogP) is 5.82. The van der Waals surface area contributed by atoms with Crippen LogP contribution < -0.4 is 5.73 Å². The molecule has 1 saturated heterocycles. The van der Waals surface area contributed by atoms with Crippen LogP contribution in [-0.2, 0) is 6.42 Å². The average molecular weight is 420 g/mol. The summed E-state index contributed by atoms with van der Waals surface area (Å²) in [5.41, 5.74) is 8.04. The molecule has 0 bridgehead atoms. The highest BCUT2D eigenvalue weighted by Crippen LogP contribution is 2.32. The van der Waals surface area contributed by atoms with Gasteiger partial charge in [-0.2, -0.15) is 4.98 Å². The summed E-state index contributed by atoms with van der Waals surface area (Å²) < 4.78 is 5.54. The van der Waals surface area contributed by atoms with E-state index in [4.69, 9.17) is 15.7 Å². The van der Waals surface area contributed by atoms with Gasteiger partial charge in [0, 0.05) is 12.1 Å². The third kappa shape index (κ3) is 5.06. The number of guanidine groups is 1. The van der Waals surface area contributed by atoms with Crippen LogP contribution in [0.5, 0.6) is 0 Å². The number of likely N-dealkylation sites (tertiary alicyclic amines) is 1. The van der Waals surface area contributed by atoms with Gasteiger partial charge in [0.15, 0.2) is 5.96 Å². The van der Waals surface area contributed by atoms with Crippen LogP contribution in [0.1, 0.15) is 75.8 Å². The quantitative estimate of drug-likeness (QED) is 0.259. The maximum Gasteiger partial charge on any atom is 0.249 e. The topological polar surface area (TPSA) is 92.0 Å². The SMILES string of the molecule is CCCCCCCCc1ccc2cc(-c3noc([C@@H]4CCCN4C(=N)N)n3)ccc2c1. The summed E-state index contributed by atoms with van der Waals surface area (Å²) in [6, 6.07) is 13.0. The number of nitrogens with zero attached hydrogens (tertiary/aromatic N) is 3. The Morgan fingerprint density at radius 2 is 1.87 bits per heavy atom. The molecule has 0 aliphatic carbocycles. The molecule has 164 valence electrons. The number of aromatic nitrogens is 2. The number of hydrogen-bond acceptors (Lipinski definition) is 4. The first-order valence-electron chi connectivity index (χ1n) is 11.6. The van der Waals surface area contributed by atoms with Gasteiger partial charge in [-0.15, -0.1) is 0 Å². The molecule has 3 N–H and O–H groups in total. The lowest BCUT2D eigenvalue weighted by molar-refractivity contribution is 0.283. The molecule has 0 spiro atoms. The van der Waals surface area contributed by atoms with Crippen LogP contribution in [0, 0.1) is 5.41 Å². The average Bonchev–Trinajstić information content (AvgIpc) is 3.45. The lowest BCUT2D eigenvalue weighted by Gasteiger charge is -2.21. The fourth-order valence-electron chi connectivity index (χ4n) is 4.50. The van der Waals surface area contributed by atoms with Crippen molar-refractivity contribution in [3.05, 3.63) is 47.9 Å². The Kier molecular flexibility index (Phi) is 6.85. The highest BCUT2D eigenvalue weighted by atomic mass is 16.5. The van der Waals surface area contributed by atoms with Crippen LogP contribution in [0.15, 0.2) is 40.9 Å². The largest absolute Gasteiger partial charge is 0.370 e. The van der Waals surface area contributed by atoms with Crippen molar-refractivity contribution in [1.29, 1.82) is 5.41 Å². The van der Waals surface area contributed by atoms with Crippen LogP contribution >= 0.6 is 0 Å². The summed E-state index contributed by atoms with van der Waals surface area (Å²) in [6.07, 6.45) is 10.9. The fraction of sp³-hybridized carbons (Fsp3) is 0.480. The molecular weight excluding hydrogens is 386 g/mol. The Labute approximate surface area is 184 Å². The van der Waals surface area contributed by atoms with Gasteiger partial charge in [0.1, 0.15) is 6.04 Å². The zero-order chi connectivity index (χ0) is 21.6. The predicted molar refractivity (Wildman–Crippen MR) is 125 cm³/mol. The van der Waals surface area contributed by atoms with Gasteiger partial charge in [-0.3, -0.25) is 5.41 Å². The third-order valence-corrected chi connectivity index (χ3v) is 6.27. The van der Waals surface area contributed by atoms with E-state index in [2.05, 4.69) is 53.5 Å². The van der Waals surface area contributed by atoms with Gasteiger partial charge in [0.2, 0.25) is 11.7 Å². The first kappa shape index (κ1) is 21.3. The molecule has 1 fully saturated rings. The van der Waals surface area contributed by atoms with Crippen molar-refractivity contribution in [3.63, 3.8) is 0 Å². The van der Waals surface area contributed by atoms with Gasteiger partial charge in [-0.25, -0.2) is 0 Å². The molecular formula is C25H33N5O. The minimum Gasteiger partial charge on any atom is -0.370 e. The second-order valence-corrected chi connectivity index (χ2v) is 8.61. The molecule has 0 amide bonds. The van der Waals surface area contributed by atoms with Crippen LogP contribution in [0.3, 0.4) is 0 Å². The number of hydrogen-bond donors (Lipinski definition) is 2. The van der Waals surface area contributed by atoms with Gasteiger partial charge in [-0.1, -0.05) is 74.5 Å². The van der Waals surface area contributed by atoms with Crippen molar-refractivity contribution in [2.75, 3.05) is 6.54 Å². The summed E-state index contributed by atoms with van der Waals surface area (Å²) in [5.74, 6) is 1.19. The van der Waals surface area contributed by atoms with Crippen LogP contribution in [0.4, 0.5) is 0 Å². The fourth-order valence-corrected chi connectivity index (χ4v) is 4.50. The Balaban J connectivity index is 1.43. The second-order valence-electron chi connectivity index (χ2n) is 8.61. The molecule has 0 unspecified atom stereocenters. The highest BCUT2D eigenvalue weighted by molar-refractivity contribution is 5.87. The van der Waals surface area contributed by atoms with E-state index < -0.39 is 0 Å². The number of fused-ring (bicyclic) bond motifs is 1. The van der Waals surface area contributed by atoms with Crippen molar-refractivity contribution in [2.24, 2.45) is 5.73 Å². The lowest BCUT2D eigenvalue weighted by atomic mass is 10.0. The zero-order valence-electron chi connectivity index (χ0n) is 18.4. The van der Waals surface area contributed by atoms with Crippen molar-refractivity contribution in [2.45, 2.75) is 70.8 Å². The number of unbranched alkanes of at least 4 members (excludes halogenated alkanes) is 5. The Morgan fingerprint density at radius 1 is 1.10 bits per heavy atom. The molecule has 2 heterocycles. The number of nitrogens with two attached hydrogens (primary N) is 1. The normalized spacial score (nSPS) is 16.3. The standard InChI is InChI=1S/C25H33N5O/c1-2-3-4-5-6-7-9-18-11-12-20-17-21(14-13-19(20)16-18)23-28-24(31-29-23)22-10-8-15-30(22)25(26)27/h11-14,16-17,22H,2-10,15H2,1H3,(H3,26,27)/t22-/m0/s1. The maximum atomic E-state index is 7.74. The zero-order valence-corrected chi connectivity index (χ0v) is 18.4. The first-order chi connectivity index (χ1) is 15.2. The lowest BCUT2D eigenvalue weighted by Crippen LogP contribution is -2.35. The van der Waals surface area contributed by atoms with Gasteiger partial charge in [0.05, 0.1) is 0 Å². The second kappa shape index (κ2) is 9.94. The van der Waals surface area contributed by atoms with Gasteiger partial charge in [0.25, 0.3) is 0 Å². The molecule has 1 aromatic heterocycles. The Morgan fingerprint density at radius 3 is 2.71 bits per heavy atom. The van der Waals surface area contributed by atoms with Gasteiger partial charge < -0.3 is 15.2 Å². The minimum absolute atomic E-state index is 0.0599. The molecule has 3 aromatic rings.